The van der Waals surface area contributed by atoms with E-state index in [0.717, 1.165) is 40.9 Å². The number of benzene rings is 3. The molecule has 4 aromatic rings. The lowest BCUT2D eigenvalue weighted by Crippen LogP contribution is -2.04. The standard InChI is InChI=1S/C30H29NO6/c32-29(33)16-17-31-21-24(27-15-12-23(30(34)35)20-28(27)31)11-8-22-9-13-26(14-10-22)37-19-5-4-18-36-25-6-2-1-3-7-25/h1-3,6-15,20-21H,4-5,16-19H2,(H,32,33)(H,34,35)/b11-8+. The van der Waals surface area contributed by atoms with Crippen LogP contribution in [0.3, 0.4) is 0 Å². The molecular weight excluding hydrogens is 470 g/mol. The van der Waals surface area contributed by atoms with Gasteiger partial charge in [-0.05, 0) is 60.4 Å². The first-order valence-electron chi connectivity index (χ1n) is 12.2. The molecule has 0 aliphatic heterocycles. The fourth-order valence-corrected chi connectivity index (χ4v) is 3.95. The second-order valence-corrected chi connectivity index (χ2v) is 8.58. The number of carboxylic acids is 2. The van der Waals surface area contributed by atoms with Gasteiger partial charge in [0.05, 0.1) is 25.2 Å². The minimum atomic E-state index is -1.02. The van der Waals surface area contributed by atoms with Gasteiger partial charge in [0.25, 0.3) is 0 Å². The van der Waals surface area contributed by atoms with Crippen LogP contribution in [-0.4, -0.2) is 39.9 Å². The zero-order chi connectivity index (χ0) is 26.0. The van der Waals surface area contributed by atoms with Crippen molar-refractivity contribution in [2.24, 2.45) is 0 Å². The molecule has 3 aromatic carbocycles. The van der Waals surface area contributed by atoms with Gasteiger partial charge in [-0.2, -0.15) is 0 Å². The van der Waals surface area contributed by atoms with Gasteiger partial charge in [0.15, 0.2) is 0 Å². The van der Waals surface area contributed by atoms with Crippen molar-refractivity contribution in [3.05, 3.63) is 95.7 Å². The maximum atomic E-state index is 11.4. The fourth-order valence-electron chi connectivity index (χ4n) is 3.95. The summed E-state index contributed by atoms with van der Waals surface area (Å²) in [5, 5.41) is 19.3. The zero-order valence-electron chi connectivity index (χ0n) is 20.4. The third kappa shape index (κ3) is 7.24. The molecule has 0 amide bonds. The predicted octanol–water partition coefficient (Wildman–Crippen LogP) is 6.22. The van der Waals surface area contributed by atoms with Gasteiger partial charge in [0, 0.05) is 23.6 Å². The van der Waals surface area contributed by atoms with Crippen molar-refractivity contribution in [2.45, 2.75) is 25.8 Å². The summed E-state index contributed by atoms with van der Waals surface area (Å²) < 4.78 is 13.3. The Hall–Kier alpha value is -4.52. The van der Waals surface area contributed by atoms with Gasteiger partial charge in [-0.25, -0.2) is 4.79 Å². The number of para-hydroxylation sites is 1. The summed E-state index contributed by atoms with van der Waals surface area (Å²) in [7, 11) is 0. The van der Waals surface area contributed by atoms with Crippen LogP contribution in [0.15, 0.2) is 79.0 Å². The number of carboxylic acid groups (broad SMARTS) is 2. The number of aliphatic carboxylic acids is 1. The summed E-state index contributed by atoms with van der Waals surface area (Å²) >= 11 is 0. The summed E-state index contributed by atoms with van der Waals surface area (Å²) in [6.45, 7) is 1.52. The van der Waals surface area contributed by atoms with Crippen LogP contribution in [-0.2, 0) is 11.3 Å². The van der Waals surface area contributed by atoms with E-state index in [1.54, 1.807) is 22.8 Å². The van der Waals surface area contributed by atoms with Gasteiger partial charge in [0.1, 0.15) is 11.5 Å². The Balaban J connectivity index is 1.34. The monoisotopic (exact) mass is 499 g/mol. The zero-order valence-corrected chi connectivity index (χ0v) is 20.4. The van der Waals surface area contributed by atoms with Crippen molar-refractivity contribution in [2.75, 3.05) is 13.2 Å². The largest absolute Gasteiger partial charge is 0.494 e. The molecule has 0 bridgehead atoms. The summed E-state index contributed by atoms with van der Waals surface area (Å²) in [5.74, 6) is -0.251. The van der Waals surface area contributed by atoms with Crippen LogP contribution in [0, 0.1) is 0 Å². The van der Waals surface area contributed by atoms with Crippen LogP contribution in [0.4, 0.5) is 0 Å². The quantitative estimate of drug-likeness (QED) is 0.212. The lowest BCUT2D eigenvalue weighted by Gasteiger charge is -2.08. The Morgan fingerprint density at radius 2 is 1.49 bits per heavy atom. The molecule has 0 saturated heterocycles. The number of aromatic carboxylic acids is 1. The number of unbranched alkanes of at least 4 members (excludes halogenated alkanes) is 1. The van der Waals surface area contributed by atoms with Crippen LogP contribution in [0.5, 0.6) is 11.5 Å². The maximum Gasteiger partial charge on any atom is 0.335 e. The molecule has 0 fully saturated rings. The lowest BCUT2D eigenvalue weighted by atomic mass is 10.1. The second-order valence-electron chi connectivity index (χ2n) is 8.58. The number of aromatic nitrogens is 1. The topological polar surface area (TPSA) is 98.0 Å². The molecule has 0 saturated carbocycles. The van der Waals surface area contributed by atoms with Crippen molar-refractivity contribution in [3.63, 3.8) is 0 Å². The highest BCUT2D eigenvalue weighted by molar-refractivity contribution is 5.97. The highest BCUT2D eigenvalue weighted by Crippen LogP contribution is 2.26. The van der Waals surface area contributed by atoms with E-state index in [9.17, 15) is 14.7 Å². The van der Waals surface area contributed by atoms with E-state index in [0.29, 0.717) is 18.7 Å². The average molecular weight is 500 g/mol. The SMILES string of the molecule is O=C(O)CCn1cc(/C=C/c2ccc(OCCCCOc3ccccc3)cc2)c2ccc(C(=O)O)cc21. The van der Waals surface area contributed by atoms with E-state index >= 15 is 0 Å². The van der Waals surface area contributed by atoms with E-state index in [2.05, 4.69) is 0 Å². The predicted molar refractivity (Wildman–Crippen MR) is 143 cm³/mol. The normalized spacial score (nSPS) is 11.1. The van der Waals surface area contributed by atoms with Gasteiger partial charge in [-0.1, -0.05) is 48.6 Å². The van der Waals surface area contributed by atoms with Crippen LogP contribution in [0.25, 0.3) is 23.1 Å². The second kappa shape index (κ2) is 12.4. The number of hydrogen-bond donors (Lipinski definition) is 2. The number of nitrogens with zero attached hydrogens (tertiary/aromatic N) is 1. The number of hydrogen-bond acceptors (Lipinski definition) is 4. The summed E-state index contributed by atoms with van der Waals surface area (Å²) in [4.78, 5) is 22.5. The van der Waals surface area contributed by atoms with E-state index in [1.165, 1.54) is 0 Å². The lowest BCUT2D eigenvalue weighted by molar-refractivity contribution is -0.137. The Morgan fingerprint density at radius 1 is 0.811 bits per heavy atom. The molecule has 0 spiro atoms. The molecule has 7 nitrogen and oxygen atoms in total. The molecule has 0 unspecified atom stereocenters. The molecule has 190 valence electrons. The molecule has 0 atom stereocenters. The van der Waals surface area contributed by atoms with Gasteiger partial charge < -0.3 is 24.3 Å². The molecule has 7 heteroatoms. The van der Waals surface area contributed by atoms with E-state index in [-0.39, 0.29) is 18.5 Å². The third-order valence-electron chi connectivity index (χ3n) is 5.88. The van der Waals surface area contributed by atoms with Gasteiger partial charge in [-0.3, -0.25) is 4.79 Å². The molecule has 2 N–H and O–H groups in total. The van der Waals surface area contributed by atoms with Gasteiger partial charge in [0.2, 0.25) is 0 Å². The fraction of sp³-hybridized carbons (Fsp3) is 0.200. The molecule has 0 aliphatic rings. The third-order valence-corrected chi connectivity index (χ3v) is 5.88. The molecule has 4 rings (SSSR count). The molecule has 1 aromatic heterocycles. The van der Waals surface area contributed by atoms with Crippen molar-refractivity contribution >= 4 is 35.0 Å². The van der Waals surface area contributed by atoms with E-state index < -0.39 is 11.9 Å². The summed E-state index contributed by atoms with van der Waals surface area (Å²) in [5.41, 5.74) is 2.73. The molecule has 0 radical (unpaired) electrons. The summed E-state index contributed by atoms with van der Waals surface area (Å²) in [6.07, 6.45) is 7.52. The highest BCUT2D eigenvalue weighted by atomic mass is 16.5. The Morgan fingerprint density at radius 3 is 2.14 bits per heavy atom. The van der Waals surface area contributed by atoms with Crippen molar-refractivity contribution in [1.82, 2.24) is 4.57 Å². The Bertz CT molecular complexity index is 1370. The van der Waals surface area contributed by atoms with Crippen molar-refractivity contribution in [1.29, 1.82) is 0 Å². The van der Waals surface area contributed by atoms with Crippen LogP contribution >= 0.6 is 0 Å². The maximum absolute atomic E-state index is 11.4. The van der Waals surface area contributed by atoms with Crippen LogP contribution in [0.2, 0.25) is 0 Å². The number of aryl methyl sites for hydroxylation is 1. The highest BCUT2D eigenvalue weighted by Gasteiger charge is 2.11. The first-order valence-corrected chi connectivity index (χ1v) is 12.2. The minimum Gasteiger partial charge on any atom is -0.494 e. The number of carbonyl (C=O) groups is 2. The summed E-state index contributed by atoms with van der Waals surface area (Å²) in [6, 6.07) is 22.4. The Kier molecular flexibility index (Phi) is 8.60. The van der Waals surface area contributed by atoms with E-state index in [4.69, 9.17) is 14.6 Å². The first kappa shape index (κ1) is 25.6. The minimum absolute atomic E-state index is 0.0499. The number of fused-ring (bicyclic) bond motifs is 1. The molecule has 1 heterocycles. The molecular formula is C30H29NO6. The number of ether oxygens (including phenoxy) is 2. The van der Waals surface area contributed by atoms with Crippen LogP contribution < -0.4 is 9.47 Å². The number of rotatable bonds is 13. The van der Waals surface area contributed by atoms with Gasteiger partial charge >= 0.3 is 11.9 Å². The van der Waals surface area contributed by atoms with Crippen molar-refractivity contribution < 1.29 is 29.3 Å². The molecule has 37 heavy (non-hydrogen) atoms. The van der Waals surface area contributed by atoms with Gasteiger partial charge in [-0.15, -0.1) is 0 Å². The average Bonchev–Trinajstić information content (AvgIpc) is 3.26. The van der Waals surface area contributed by atoms with Crippen molar-refractivity contribution in [3.8, 4) is 11.5 Å². The smallest absolute Gasteiger partial charge is 0.335 e. The first-order chi connectivity index (χ1) is 18.0. The molecule has 0 aliphatic carbocycles. The van der Waals surface area contributed by atoms with Crippen LogP contribution in [0.1, 0.15) is 40.7 Å². The van der Waals surface area contributed by atoms with E-state index in [1.807, 2.05) is 72.9 Å². The Labute approximate surface area is 215 Å².